The van der Waals surface area contributed by atoms with Crippen LogP contribution in [0.4, 0.5) is 0 Å². The first kappa shape index (κ1) is 15.7. The lowest BCUT2D eigenvalue weighted by Crippen LogP contribution is -2.32. The topological polar surface area (TPSA) is 51.1 Å². The summed E-state index contributed by atoms with van der Waals surface area (Å²) in [6, 6.07) is 22.6. The van der Waals surface area contributed by atoms with E-state index in [1.807, 2.05) is 60.7 Å². The molecule has 0 aliphatic rings. The summed E-state index contributed by atoms with van der Waals surface area (Å²) >= 11 is 0. The molecule has 4 nitrogen and oxygen atoms in total. The third kappa shape index (κ3) is 3.79. The average molecular weight is 318 g/mol. The number of benzene rings is 2. The molecule has 1 N–H and O–H groups in total. The molecular formula is C20H18N2O2. The number of hydrogen-bond acceptors (Lipinski definition) is 2. The van der Waals surface area contributed by atoms with E-state index in [-0.39, 0.29) is 17.0 Å². The van der Waals surface area contributed by atoms with Gasteiger partial charge in [0.15, 0.2) is 0 Å². The first-order valence-electron chi connectivity index (χ1n) is 7.79. The third-order valence-electron chi connectivity index (χ3n) is 3.76. The maximum absolute atomic E-state index is 12.5. The maximum Gasteiger partial charge on any atom is 0.263 e. The van der Waals surface area contributed by atoms with Crippen molar-refractivity contribution in [2.45, 2.75) is 13.1 Å². The van der Waals surface area contributed by atoms with Crippen molar-refractivity contribution in [3.8, 4) is 0 Å². The minimum atomic E-state index is -0.355. The quantitative estimate of drug-likeness (QED) is 0.786. The highest BCUT2D eigenvalue weighted by atomic mass is 16.2. The van der Waals surface area contributed by atoms with Crippen LogP contribution in [-0.2, 0) is 13.1 Å². The Morgan fingerprint density at radius 1 is 0.833 bits per heavy atom. The Labute approximate surface area is 140 Å². The molecule has 4 heteroatoms. The fourth-order valence-corrected chi connectivity index (χ4v) is 2.49. The van der Waals surface area contributed by atoms with Crippen LogP contribution in [0.3, 0.4) is 0 Å². The van der Waals surface area contributed by atoms with Crippen molar-refractivity contribution in [2.75, 3.05) is 0 Å². The van der Waals surface area contributed by atoms with Gasteiger partial charge in [0.2, 0.25) is 0 Å². The zero-order valence-electron chi connectivity index (χ0n) is 13.2. The molecule has 0 spiro atoms. The van der Waals surface area contributed by atoms with Crippen LogP contribution in [-0.4, -0.2) is 10.5 Å². The molecule has 0 saturated carbocycles. The first-order valence-corrected chi connectivity index (χ1v) is 7.79. The summed E-state index contributed by atoms with van der Waals surface area (Å²) in [5.74, 6) is -0.355. The summed E-state index contributed by atoms with van der Waals surface area (Å²) in [5, 5.41) is 2.79. The summed E-state index contributed by atoms with van der Waals surface area (Å²) < 4.78 is 1.55. The first-order chi connectivity index (χ1) is 11.7. The van der Waals surface area contributed by atoms with Gasteiger partial charge in [0.05, 0.1) is 6.54 Å². The number of hydrogen-bond donors (Lipinski definition) is 1. The van der Waals surface area contributed by atoms with Gasteiger partial charge in [-0.05, 0) is 23.3 Å². The predicted molar refractivity (Wildman–Crippen MR) is 93.9 cm³/mol. The van der Waals surface area contributed by atoms with Crippen molar-refractivity contribution < 1.29 is 4.79 Å². The summed E-state index contributed by atoms with van der Waals surface area (Å²) in [6.07, 6.45) is 1.70. The minimum absolute atomic E-state index is 0.157. The monoisotopic (exact) mass is 318 g/mol. The zero-order chi connectivity index (χ0) is 16.8. The van der Waals surface area contributed by atoms with E-state index in [0.717, 1.165) is 11.1 Å². The van der Waals surface area contributed by atoms with E-state index >= 15 is 0 Å². The molecule has 0 atom stereocenters. The largest absolute Gasteiger partial charge is 0.348 e. The highest BCUT2D eigenvalue weighted by Crippen LogP contribution is 2.02. The molecule has 0 saturated heterocycles. The Morgan fingerprint density at radius 2 is 1.46 bits per heavy atom. The molecule has 0 aliphatic carbocycles. The van der Waals surface area contributed by atoms with Crippen molar-refractivity contribution in [3.05, 3.63) is 106 Å². The van der Waals surface area contributed by atoms with Crippen molar-refractivity contribution in [1.82, 2.24) is 9.88 Å². The molecule has 24 heavy (non-hydrogen) atoms. The molecule has 0 unspecified atom stereocenters. The van der Waals surface area contributed by atoms with E-state index in [1.54, 1.807) is 22.9 Å². The van der Waals surface area contributed by atoms with Gasteiger partial charge in [0.25, 0.3) is 11.5 Å². The Morgan fingerprint density at radius 3 is 2.12 bits per heavy atom. The van der Waals surface area contributed by atoms with E-state index in [0.29, 0.717) is 13.1 Å². The van der Waals surface area contributed by atoms with Gasteiger partial charge in [0.1, 0.15) is 5.56 Å². The number of pyridine rings is 1. The molecule has 3 aromatic rings. The highest BCUT2D eigenvalue weighted by Gasteiger charge is 2.12. The molecule has 2 aromatic carbocycles. The summed E-state index contributed by atoms with van der Waals surface area (Å²) in [7, 11) is 0. The number of nitrogens with one attached hydrogen (secondary N) is 1. The minimum Gasteiger partial charge on any atom is -0.348 e. The van der Waals surface area contributed by atoms with Gasteiger partial charge in [-0.2, -0.15) is 0 Å². The van der Waals surface area contributed by atoms with Gasteiger partial charge < -0.3 is 9.88 Å². The number of nitrogens with zero attached hydrogens (tertiary/aromatic N) is 1. The van der Waals surface area contributed by atoms with Crippen LogP contribution in [0.25, 0.3) is 0 Å². The van der Waals surface area contributed by atoms with Gasteiger partial charge in [-0.25, -0.2) is 0 Å². The Kier molecular flexibility index (Phi) is 4.87. The number of carbonyl (C=O) groups excluding carboxylic acids is 1. The molecule has 3 rings (SSSR count). The standard InChI is InChI=1S/C20H18N2O2/c23-19(21-14-16-8-3-1-4-9-16)18-12-7-13-22(20(18)24)15-17-10-5-2-6-11-17/h1-13H,14-15H2,(H,21,23). The normalized spacial score (nSPS) is 10.3. The summed E-state index contributed by atoms with van der Waals surface area (Å²) in [4.78, 5) is 24.8. The average Bonchev–Trinajstić information content (AvgIpc) is 2.63. The van der Waals surface area contributed by atoms with Crippen molar-refractivity contribution in [2.24, 2.45) is 0 Å². The fourth-order valence-electron chi connectivity index (χ4n) is 2.49. The van der Waals surface area contributed by atoms with Crippen molar-refractivity contribution >= 4 is 5.91 Å². The number of carbonyl (C=O) groups is 1. The second-order valence-electron chi connectivity index (χ2n) is 5.51. The SMILES string of the molecule is O=C(NCc1ccccc1)c1cccn(Cc2ccccc2)c1=O. The van der Waals surface area contributed by atoms with Gasteiger partial charge in [-0.3, -0.25) is 9.59 Å². The van der Waals surface area contributed by atoms with E-state index in [1.165, 1.54) is 0 Å². The Bertz CT molecular complexity index is 871. The second-order valence-corrected chi connectivity index (χ2v) is 5.51. The van der Waals surface area contributed by atoms with Crippen LogP contribution in [0.1, 0.15) is 21.5 Å². The smallest absolute Gasteiger partial charge is 0.263 e. The van der Waals surface area contributed by atoms with Crippen LogP contribution >= 0.6 is 0 Å². The van der Waals surface area contributed by atoms with E-state index in [4.69, 9.17) is 0 Å². The van der Waals surface area contributed by atoms with Crippen LogP contribution in [0.5, 0.6) is 0 Å². The van der Waals surface area contributed by atoms with Crippen LogP contribution < -0.4 is 10.9 Å². The van der Waals surface area contributed by atoms with Gasteiger partial charge in [0, 0.05) is 12.7 Å². The lowest BCUT2D eigenvalue weighted by atomic mass is 10.2. The van der Waals surface area contributed by atoms with E-state index in [9.17, 15) is 9.59 Å². The van der Waals surface area contributed by atoms with Crippen molar-refractivity contribution in [1.29, 1.82) is 0 Å². The number of rotatable bonds is 5. The molecule has 0 aliphatic heterocycles. The fraction of sp³-hybridized carbons (Fsp3) is 0.100. The number of amides is 1. The van der Waals surface area contributed by atoms with Crippen molar-refractivity contribution in [3.63, 3.8) is 0 Å². The molecule has 120 valence electrons. The Balaban J connectivity index is 1.75. The predicted octanol–water partition coefficient (Wildman–Crippen LogP) is 2.83. The van der Waals surface area contributed by atoms with Crippen LogP contribution in [0.15, 0.2) is 83.8 Å². The molecule has 0 radical (unpaired) electrons. The van der Waals surface area contributed by atoms with Gasteiger partial charge in [-0.1, -0.05) is 60.7 Å². The van der Waals surface area contributed by atoms with E-state index < -0.39 is 0 Å². The van der Waals surface area contributed by atoms with Gasteiger partial charge >= 0.3 is 0 Å². The van der Waals surface area contributed by atoms with Gasteiger partial charge in [-0.15, -0.1) is 0 Å². The molecule has 1 amide bonds. The maximum atomic E-state index is 12.5. The zero-order valence-corrected chi connectivity index (χ0v) is 13.2. The second kappa shape index (κ2) is 7.42. The molecule has 0 bridgehead atoms. The molecule has 0 fully saturated rings. The summed E-state index contributed by atoms with van der Waals surface area (Å²) in [5.41, 5.74) is 1.88. The lowest BCUT2D eigenvalue weighted by Gasteiger charge is -2.09. The highest BCUT2D eigenvalue weighted by molar-refractivity contribution is 5.93. The lowest BCUT2D eigenvalue weighted by molar-refractivity contribution is 0.0949. The Hall–Kier alpha value is -3.14. The summed E-state index contributed by atoms with van der Waals surface area (Å²) in [6.45, 7) is 0.839. The molecular weight excluding hydrogens is 300 g/mol. The van der Waals surface area contributed by atoms with Crippen LogP contribution in [0.2, 0.25) is 0 Å². The van der Waals surface area contributed by atoms with E-state index in [2.05, 4.69) is 5.32 Å². The van der Waals surface area contributed by atoms with Crippen LogP contribution in [0, 0.1) is 0 Å². The molecule has 1 heterocycles. The number of aromatic nitrogens is 1. The third-order valence-corrected chi connectivity index (χ3v) is 3.76. The molecule has 1 aromatic heterocycles.